The zero-order valence-corrected chi connectivity index (χ0v) is 53.2. The largest absolute Gasteiger partial charge is 0.476 e. The summed E-state index contributed by atoms with van der Waals surface area (Å²) < 4.78 is 36.5. The molecular weight excluding hydrogens is 1290 g/mol. The molecule has 4 fully saturated rings. The number of carbonyl (C=O) groups is 2. The first-order valence-electron chi connectivity index (χ1n) is 30.4. The topological polar surface area (TPSA) is 300 Å². The van der Waals surface area contributed by atoms with Crippen LogP contribution in [-0.2, 0) is 0 Å². The lowest BCUT2D eigenvalue weighted by Crippen LogP contribution is -2.43. The van der Waals surface area contributed by atoms with Crippen LogP contribution in [0.25, 0.3) is 33.4 Å². The number of carboxylic acids is 1. The van der Waals surface area contributed by atoms with Gasteiger partial charge in [0, 0.05) is 151 Å². The van der Waals surface area contributed by atoms with Crippen molar-refractivity contribution >= 4 is 75.4 Å². The molecule has 4 saturated heterocycles. The fraction of sp³-hybridized carbons (Fsp3) is 0.294. The maximum absolute atomic E-state index is 13.1. The smallest absolute Gasteiger partial charge is 0.356 e. The van der Waals surface area contributed by atoms with Gasteiger partial charge in [0.25, 0.3) is 5.91 Å². The predicted molar refractivity (Wildman–Crippen MR) is 372 cm³/mol. The highest BCUT2D eigenvalue weighted by atomic mass is 35.5. The molecule has 29 heteroatoms. The minimum absolute atomic E-state index is 0. The van der Waals surface area contributed by atoms with Crippen LogP contribution in [0.4, 0.5) is 26.2 Å². The van der Waals surface area contributed by atoms with E-state index in [1.165, 1.54) is 58.0 Å². The van der Waals surface area contributed by atoms with E-state index >= 15 is 0 Å². The van der Waals surface area contributed by atoms with Crippen molar-refractivity contribution in [3.8, 4) is 11.4 Å². The van der Waals surface area contributed by atoms with E-state index < -0.39 is 24.2 Å². The number of hydrogen-bond donors (Lipinski definition) is 8. The van der Waals surface area contributed by atoms with Crippen molar-refractivity contribution in [2.75, 3.05) is 67.1 Å². The molecule has 10 aromatic heterocycles. The summed E-state index contributed by atoms with van der Waals surface area (Å²) in [6.45, 7) is 9.43. The average molecular weight is 1370 g/mol. The highest BCUT2D eigenvalue weighted by molar-refractivity contribution is 6.32. The number of amides is 1. The number of aromatic nitrogens is 12. The van der Waals surface area contributed by atoms with Gasteiger partial charge in [0.1, 0.15) is 11.6 Å². The number of fused-ring (bicyclic) bond motifs is 4. The van der Waals surface area contributed by atoms with Gasteiger partial charge in [-0.2, -0.15) is 10.2 Å². The van der Waals surface area contributed by atoms with Crippen molar-refractivity contribution in [2.24, 2.45) is 17.6 Å². The molecule has 8 atom stereocenters. The third kappa shape index (κ3) is 17.6. The highest BCUT2D eigenvalue weighted by Crippen LogP contribution is 2.28. The van der Waals surface area contributed by atoms with Crippen LogP contribution in [0.3, 0.4) is 0 Å². The van der Waals surface area contributed by atoms with Gasteiger partial charge in [0.15, 0.2) is 34.0 Å². The number of β-amino-alcohol motifs (C(OH)–C–C–N with tert-alkyl or cyclic N) is 4. The number of halogens is 4. The second-order valence-electron chi connectivity index (χ2n) is 23.1. The summed E-state index contributed by atoms with van der Waals surface area (Å²) in [7, 11) is 0. The Labute approximate surface area is 569 Å². The van der Waals surface area contributed by atoms with Crippen LogP contribution in [0, 0.1) is 23.5 Å². The van der Waals surface area contributed by atoms with Gasteiger partial charge in [0.2, 0.25) is 0 Å². The summed E-state index contributed by atoms with van der Waals surface area (Å²) in [5, 5.41) is 62.1. The molecule has 1 amide bonds. The Morgan fingerprint density at radius 2 is 0.928 bits per heavy atom. The molecule has 0 unspecified atom stereocenters. The number of aliphatic hydroxyl groups is 4. The molecule has 14 heterocycles. The number of carbonyl (C=O) groups excluding carboxylic acids is 1. The molecule has 2 aromatic carbocycles. The Bertz CT molecular complexity index is 4350. The molecular formula is C68H80Cl2F2N18O7. The highest BCUT2D eigenvalue weighted by Gasteiger charge is 2.35. The zero-order valence-electron chi connectivity index (χ0n) is 51.6. The Kier molecular flexibility index (Phi) is 25.0. The van der Waals surface area contributed by atoms with Gasteiger partial charge in [-0.25, -0.2) is 42.9 Å². The van der Waals surface area contributed by atoms with Gasteiger partial charge in [-0.1, -0.05) is 40.3 Å². The lowest BCUT2D eigenvalue weighted by Gasteiger charge is -2.18. The van der Waals surface area contributed by atoms with E-state index in [4.69, 9.17) is 27.5 Å². The van der Waals surface area contributed by atoms with Gasteiger partial charge >= 0.3 is 5.97 Å². The molecule has 0 spiro atoms. The quantitative estimate of drug-likeness (QED) is 0.0726. The fourth-order valence-electron chi connectivity index (χ4n) is 11.1. The fourth-order valence-corrected chi connectivity index (χ4v) is 11.4. The summed E-state index contributed by atoms with van der Waals surface area (Å²) >= 11 is 5.77. The van der Waals surface area contributed by atoms with Crippen molar-refractivity contribution in [2.45, 2.75) is 65.2 Å². The van der Waals surface area contributed by atoms with Crippen molar-refractivity contribution in [3.63, 3.8) is 0 Å². The monoisotopic (exact) mass is 1370 g/mol. The van der Waals surface area contributed by atoms with Crippen LogP contribution in [0.1, 0.15) is 49.7 Å². The van der Waals surface area contributed by atoms with Crippen LogP contribution in [0.15, 0.2) is 196 Å². The molecule has 0 radical (unpaired) electrons. The van der Waals surface area contributed by atoms with Gasteiger partial charge in [-0.15, -0.1) is 12.4 Å². The summed E-state index contributed by atoms with van der Waals surface area (Å²) in [6, 6.07) is 29.6. The molecule has 12 aromatic rings. The third-order valence-corrected chi connectivity index (χ3v) is 16.7. The van der Waals surface area contributed by atoms with Gasteiger partial charge < -0.3 is 74.2 Å². The Morgan fingerprint density at radius 3 is 1.33 bits per heavy atom. The van der Waals surface area contributed by atoms with Crippen molar-refractivity contribution in [3.05, 3.63) is 224 Å². The molecule has 4 aliphatic rings. The lowest BCUT2D eigenvalue weighted by atomic mass is 10.1. The molecule has 4 aliphatic heterocycles. The minimum Gasteiger partial charge on any atom is -0.476 e. The SMILES string of the molecule is C.C.C[C@@H]1CN(c2nccn3cccc23)C[C@@H]1O.C[C@@H]1CNC[C@@H]1O.Cl.Clc1nccn2cccc12.N[C@@H]1CN(c2nccn3cccc23)C[C@@H]1O.O=C(N[C@@H]1CN(c2nccn3cccc23)C[C@@H]1O)c1ccn(-c2ccc(F)cc2)n1.O=C(O)c1ccn(-c2ccc(F)cc2)n1. The number of benzene rings is 2. The summed E-state index contributed by atoms with van der Waals surface area (Å²) in [6.07, 6.45) is 24.0. The maximum Gasteiger partial charge on any atom is 0.356 e. The van der Waals surface area contributed by atoms with Gasteiger partial charge in [-0.05, 0) is 115 Å². The van der Waals surface area contributed by atoms with Gasteiger partial charge in [-0.3, -0.25) is 4.79 Å². The van der Waals surface area contributed by atoms with Gasteiger partial charge in [0.05, 0.1) is 63.9 Å². The molecule has 97 heavy (non-hydrogen) atoms. The van der Waals surface area contributed by atoms with Crippen LogP contribution in [0.2, 0.25) is 5.15 Å². The van der Waals surface area contributed by atoms with E-state index in [0.717, 1.165) is 59.2 Å². The zero-order chi connectivity index (χ0) is 66.0. The minimum atomic E-state index is -1.09. The maximum atomic E-state index is 13.1. The first kappa shape index (κ1) is 73.0. The van der Waals surface area contributed by atoms with Crippen LogP contribution in [0.5, 0.6) is 0 Å². The van der Waals surface area contributed by atoms with E-state index in [1.54, 1.807) is 49.2 Å². The van der Waals surface area contributed by atoms with Crippen molar-refractivity contribution in [1.29, 1.82) is 0 Å². The Hall–Kier alpha value is -9.84. The lowest BCUT2D eigenvalue weighted by molar-refractivity contribution is 0.0689. The second-order valence-corrected chi connectivity index (χ2v) is 23.4. The number of aliphatic hydroxyl groups excluding tert-OH is 4. The van der Waals surface area contributed by atoms with Crippen LogP contribution >= 0.6 is 24.0 Å². The number of hydrogen-bond acceptors (Lipinski definition) is 17. The van der Waals surface area contributed by atoms with E-state index in [1.807, 2.05) is 122 Å². The Balaban J connectivity index is 0.000000156. The number of anilines is 3. The van der Waals surface area contributed by atoms with E-state index in [2.05, 4.69) is 63.1 Å². The van der Waals surface area contributed by atoms with Crippen molar-refractivity contribution < 1.29 is 43.9 Å². The molecule has 25 nitrogen and oxygen atoms in total. The predicted octanol–water partition coefficient (Wildman–Crippen LogP) is 7.61. The normalized spacial score (nSPS) is 19.9. The first-order chi connectivity index (χ1) is 45.4. The number of rotatable bonds is 8. The van der Waals surface area contributed by atoms with Crippen LogP contribution < -0.4 is 31.1 Å². The van der Waals surface area contributed by atoms with Crippen LogP contribution in [-0.4, -0.2) is 183 Å². The number of nitrogens with one attached hydrogen (secondary N) is 2. The molecule has 0 saturated carbocycles. The standard InChI is InChI=1S/C21H19FN6O2.C12H15N3O.C11H14N4O.C10H7FN2O2.C7H5ClN2.C5H11NO.2CH4.ClH/c22-14-3-5-15(6-4-14)28-10-7-16(25-28)21(30)24-17-12-27(13-19(17)29)20-18-2-1-9-26(18)11-8-23-20;1-9-7-15(8-11(9)16)12-10-3-2-5-14(10)6-4-13-12;12-8-6-15(7-10(8)16)11-9-2-1-4-14(9)5-3-13-11;11-7-1-3-8(4-2-7)13-6-5-9(12-13)10(14)15;8-7-6-2-1-4-10(6)5-3-9-7;1-4-2-6-3-5(4)7;;;/h1-11,17,19,29H,12-13H2,(H,24,30);2-6,9,11,16H,7-8H2,1H3;1-5,8,10,16H,6-7,12H2;1-6H,(H,14,15);1-5H;4-7H,2-3H2,1H3;2*1H4;1H/t17-,19+;9-,11+;8-,10+;;;4-,5+;;;/m111..1.../s1. The number of carboxylic acid groups (broad SMARTS) is 1. The second kappa shape index (κ2) is 33.2. The molecule has 512 valence electrons. The average Bonchev–Trinajstić information content (AvgIpc) is 1.68. The number of aromatic carboxylic acids is 1. The van der Waals surface area contributed by atoms with Crippen molar-refractivity contribution in [1.82, 2.24) is 67.7 Å². The summed E-state index contributed by atoms with van der Waals surface area (Å²) in [5.74, 6) is 1.25. The summed E-state index contributed by atoms with van der Waals surface area (Å²) in [4.78, 5) is 46.5. The van der Waals surface area contributed by atoms with E-state index in [0.29, 0.717) is 61.1 Å². The van der Waals surface area contributed by atoms with E-state index in [-0.39, 0.29) is 74.4 Å². The number of nitrogens with zero attached hydrogens (tertiary/aromatic N) is 15. The first-order valence-corrected chi connectivity index (χ1v) is 30.8. The van der Waals surface area contributed by atoms with E-state index in [9.17, 15) is 33.7 Å². The molecule has 16 rings (SSSR count). The molecule has 0 bridgehead atoms. The number of nitrogens with two attached hydrogens (primary N) is 1. The third-order valence-electron chi connectivity index (χ3n) is 16.4. The molecule has 0 aliphatic carbocycles. The molecule has 9 N–H and O–H groups in total. The Morgan fingerprint density at radius 1 is 0.505 bits per heavy atom. The summed E-state index contributed by atoms with van der Waals surface area (Å²) in [5.41, 5.74) is 11.3.